The molecule has 0 aromatic heterocycles. The van der Waals surface area contributed by atoms with Gasteiger partial charge in [-0.05, 0) is 56.5 Å². The third-order valence-corrected chi connectivity index (χ3v) is 6.14. The minimum atomic E-state index is -3.74. The number of ether oxygens (including phenoxy) is 1. The first kappa shape index (κ1) is 21.9. The van der Waals surface area contributed by atoms with E-state index < -0.39 is 10.0 Å². The molecule has 0 fully saturated rings. The second-order valence-electron chi connectivity index (χ2n) is 6.66. The van der Waals surface area contributed by atoms with E-state index in [1.807, 2.05) is 44.2 Å². The highest BCUT2D eigenvalue weighted by molar-refractivity contribution is 7.89. The van der Waals surface area contributed by atoms with Crippen molar-refractivity contribution in [3.63, 3.8) is 0 Å². The quantitative estimate of drug-likeness (QED) is 0.661. The molecule has 1 N–H and O–H groups in total. The Balaban J connectivity index is 1.87. The van der Waals surface area contributed by atoms with Gasteiger partial charge in [0.25, 0.3) is 0 Å². The Morgan fingerprint density at radius 2 is 1.75 bits per heavy atom. The minimum Gasteiger partial charge on any atom is -0.494 e. The van der Waals surface area contributed by atoms with Crippen LogP contribution in [0.4, 0.5) is 0 Å². The molecule has 0 aliphatic carbocycles. The lowest BCUT2D eigenvalue weighted by Crippen LogP contribution is -2.41. The Labute approximate surface area is 167 Å². The van der Waals surface area contributed by atoms with Gasteiger partial charge >= 0.3 is 0 Å². The lowest BCUT2D eigenvalue weighted by atomic mass is 10.1. The molecule has 2 rings (SSSR count). The van der Waals surface area contributed by atoms with Crippen LogP contribution in [-0.2, 0) is 21.2 Å². The van der Waals surface area contributed by atoms with Gasteiger partial charge in [-0.2, -0.15) is 4.31 Å². The van der Waals surface area contributed by atoms with Crippen molar-refractivity contribution in [2.24, 2.45) is 0 Å². The minimum absolute atomic E-state index is 0.0470. The van der Waals surface area contributed by atoms with Crippen molar-refractivity contribution in [1.29, 1.82) is 0 Å². The molecule has 2 aromatic carbocycles. The summed E-state index contributed by atoms with van der Waals surface area (Å²) in [6, 6.07) is 16.2. The highest BCUT2D eigenvalue weighted by Crippen LogP contribution is 2.18. The fourth-order valence-corrected chi connectivity index (χ4v) is 3.89. The smallest absolute Gasteiger partial charge is 0.243 e. The van der Waals surface area contributed by atoms with Crippen LogP contribution in [0.5, 0.6) is 5.75 Å². The van der Waals surface area contributed by atoms with Crippen molar-refractivity contribution in [3.8, 4) is 5.75 Å². The number of nitrogens with zero attached hydrogens (tertiary/aromatic N) is 1. The Kier molecular flexibility index (Phi) is 8.02. The maximum Gasteiger partial charge on any atom is 0.243 e. The molecule has 0 saturated carbocycles. The average molecular weight is 405 g/mol. The molecule has 1 amide bonds. The molecule has 0 spiro atoms. The normalized spacial score (nSPS) is 12.6. The van der Waals surface area contributed by atoms with Crippen LogP contribution >= 0.6 is 0 Å². The zero-order valence-electron chi connectivity index (χ0n) is 16.6. The lowest BCUT2D eigenvalue weighted by Gasteiger charge is -2.19. The number of hydrogen-bond donors (Lipinski definition) is 1. The van der Waals surface area contributed by atoms with Gasteiger partial charge in [0.2, 0.25) is 15.9 Å². The lowest BCUT2D eigenvalue weighted by molar-refractivity contribution is -0.121. The van der Waals surface area contributed by atoms with Crippen LogP contribution in [0.1, 0.15) is 25.8 Å². The van der Waals surface area contributed by atoms with E-state index in [1.54, 1.807) is 12.1 Å². The second-order valence-corrected chi connectivity index (χ2v) is 8.70. The first-order valence-electron chi connectivity index (χ1n) is 9.35. The molecular formula is C21H28N2O4S. The van der Waals surface area contributed by atoms with Crippen molar-refractivity contribution in [1.82, 2.24) is 9.62 Å². The van der Waals surface area contributed by atoms with Gasteiger partial charge in [0.05, 0.1) is 18.0 Å². The van der Waals surface area contributed by atoms with Gasteiger partial charge in [-0.1, -0.05) is 30.3 Å². The largest absolute Gasteiger partial charge is 0.494 e. The first-order chi connectivity index (χ1) is 13.3. The molecule has 0 heterocycles. The van der Waals surface area contributed by atoms with E-state index in [0.29, 0.717) is 12.4 Å². The van der Waals surface area contributed by atoms with Crippen LogP contribution in [0.2, 0.25) is 0 Å². The summed E-state index contributed by atoms with van der Waals surface area (Å²) >= 11 is 0. The van der Waals surface area contributed by atoms with Gasteiger partial charge < -0.3 is 10.1 Å². The first-order valence-corrected chi connectivity index (χ1v) is 10.8. The summed E-state index contributed by atoms with van der Waals surface area (Å²) in [5.74, 6) is 0.284. The van der Waals surface area contributed by atoms with E-state index in [1.165, 1.54) is 24.7 Å². The van der Waals surface area contributed by atoms with Crippen LogP contribution in [0.15, 0.2) is 59.5 Å². The van der Waals surface area contributed by atoms with E-state index in [-0.39, 0.29) is 23.4 Å². The summed E-state index contributed by atoms with van der Waals surface area (Å²) in [6.07, 6.45) is 1.63. The predicted octanol–water partition coefficient (Wildman–Crippen LogP) is 2.84. The number of sulfonamides is 1. The van der Waals surface area contributed by atoms with Gasteiger partial charge in [-0.3, -0.25) is 4.79 Å². The summed E-state index contributed by atoms with van der Waals surface area (Å²) < 4.78 is 31.7. The van der Waals surface area contributed by atoms with Gasteiger partial charge in [0.1, 0.15) is 5.75 Å². The molecule has 2 aromatic rings. The topological polar surface area (TPSA) is 75.7 Å². The summed E-state index contributed by atoms with van der Waals surface area (Å²) in [5, 5.41) is 2.87. The van der Waals surface area contributed by atoms with E-state index in [2.05, 4.69) is 5.32 Å². The molecule has 7 heteroatoms. The van der Waals surface area contributed by atoms with E-state index in [0.717, 1.165) is 17.1 Å². The van der Waals surface area contributed by atoms with Gasteiger partial charge in [0, 0.05) is 13.1 Å². The van der Waals surface area contributed by atoms with Crippen molar-refractivity contribution in [2.45, 2.75) is 37.6 Å². The number of hydrogen-bond acceptors (Lipinski definition) is 4. The molecular weight excluding hydrogens is 376 g/mol. The molecule has 0 radical (unpaired) electrons. The molecule has 0 unspecified atom stereocenters. The molecule has 0 aliphatic rings. The van der Waals surface area contributed by atoms with Crippen molar-refractivity contribution >= 4 is 15.9 Å². The van der Waals surface area contributed by atoms with Crippen LogP contribution < -0.4 is 10.1 Å². The number of nitrogens with one attached hydrogen (secondary N) is 1. The van der Waals surface area contributed by atoms with Crippen LogP contribution in [0.3, 0.4) is 0 Å². The van der Waals surface area contributed by atoms with Crippen LogP contribution in [0, 0.1) is 0 Å². The van der Waals surface area contributed by atoms with Crippen LogP contribution in [-0.4, -0.2) is 44.9 Å². The molecule has 6 nitrogen and oxygen atoms in total. The molecule has 28 heavy (non-hydrogen) atoms. The number of likely N-dealkylation sites (N-methyl/N-ethyl adjacent to an activating group) is 1. The zero-order valence-corrected chi connectivity index (χ0v) is 17.4. The Bertz CT molecular complexity index is 852. The highest BCUT2D eigenvalue weighted by Gasteiger charge is 2.23. The Morgan fingerprint density at radius 3 is 2.36 bits per heavy atom. The number of carbonyl (C=O) groups is 1. The summed E-state index contributed by atoms with van der Waals surface area (Å²) in [5.41, 5.74) is 1.21. The second kappa shape index (κ2) is 10.2. The molecule has 0 bridgehead atoms. The Morgan fingerprint density at radius 1 is 1.11 bits per heavy atom. The van der Waals surface area contributed by atoms with E-state index in [4.69, 9.17) is 4.74 Å². The maximum atomic E-state index is 12.6. The molecule has 0 saturated heterocycles. The number of carbonyl (C=O) groups excluding carboxylic acids is 1. The number of benzene rings is 2. The summed E-state index contributed by atoms with van der Waals surface area (Å²) in [6.45, 7) is 4.06. The predicted molar refractivity (Wildman–Crippen MR) is 110 cm³/mol. The monoisotopic (exact) mass is 404 g/mol. The van der Waals surface area contributed by atoms with Gasteiger partial charge in [0.15, 0.2) is 0 Å². The fourth-order valence-electron chi connectivity index (χ4n) is 2.76. The molecule has 0 aliphatic heterocycles. The third kappa shape index (κ3) is 6.35. The fraction of sp³-hybridized carbons (Fsp3) is 0.381. The average Bonchev–Trinajstić information content (AvgIpc) is 2.67. The Hall–Kier alpha value is -2.38. The third-order valence-electron chi connectivity index (χ3n) is 4.33. The molecule has 1 atom stereocenters. The zero-order chi connectivity index (χ0) is 20.6. The summed E-state index contributed by atoms with van der Waals surface area (Å²) in [4.78, 5) is 12.4. The van der Waals surface area contributed by atoms with Crippen LogP contribution in [0.25, 0.3) is 0 Å². The van der Waals surface area contributed by atoms with Crippen molar-refractivity contribution < 1.29 is 17.9 Å². The molecule has 152 valence electrons. The number of rotatable bonds is 10. The van der Waals surface area contributed by atoms with Crippen molar-refractivity contribution in [3.05, 3.63) is 60.2 Å². The van der Waals surface area contributed by atoms with Gasteiger partial charge in [-0.15, -0.1) is 0 Å². The highest BCUT2D eigenvalue weighted by atomic mass is 32.2. The van der Waals surface area contributed by atoms with E-state index in [9.17, 15) is 13.2 Å². The maximum absolute atomic E-state index is 12.6. The van der Waals surface area contributed by atoms with Gasteiger partial charge in [-0.25, -0.2) is 8.42 Å². The SMILES string of the molecule is CCOc1ccc(S(=O)(=O)N(C)CC(=O)N[C@H](C)CCc2ccccc2)cc1. The van der Waals surface area contributed by atoms with Crippen molar-refractivity contribution in [2.75, 3.05) is 20.2 Å². The number of amides is 1. The standard InChI is InChI=1S/C21H28N2O4S/c1-4-27-19-12-14-20(15-13-19)28(25,26)23(3)16-21(24)22-17(2)10-11-18-8-6-5-7-9-18/h5-9,12-15,17H,4,10-11,16H2,1-3H3,(H,22,24)/t17-/m1/s1. The number of aryl methyl sites for hydroxylation is 1. The summed E-state index contributed by atoms with van der Waals surface area (Å²) in [7, 11) is -2.34. The van der Waals surface area contributed by atoms with E-state index >= 15 is 0 Å².